The van der Waals surface area contributed by atoms with Gasteiger partial charge in [-0.3, -0.25) is 4.79 Å². The molecule has 0 bridgehead atoms. The highest BCUT2D eigenvalue weighted by molar-refractivity contribution is 8.00. The SMILES string of the molecule is COc1cccc(SCC(=O)NC(CC(F)(F)F)C(=O)O)c1. The highest BCUT2D eigenvalue weighted by atomic mass is 32.2. The fraction of sp³-hybridized carbons (Fsp3) is 0.385. The molecule has 0 aromatic heterocycles. The number of carbonyl (C=O) groups is 2. The Labute approximate surface area is 128 Å². The van der Waals surface area contributed by atoms with Gasteiger partial charge in [-0.25, -0.2) is 4.79 Å². The molecule has 1 atom stereocenters. The van der Waals surface area contributed by atoms with Crippen LogP contribution in [-0.4, -0.2) is 42.1 Å². The number of aliphatic carboxylic acids is 1. The smallest absolute Gasteiger partial charge is 0.391 e. The van der Waals surface area contributed by atoms with Gasteiger partial charge in [0.1, 0.15) is 11.8 Å². The second-order valence-corrected chi connectivity index (χ2v) is 5.29. The molecule has 0 saturated heterocycles. The van der Waals surface area contributed by atoms with E-state index >= 15 is 0 Å². The molecule has 0 saturated carbocycles. The number of methoxy groups -OCH3 is 1. The van der Waals surface area contributed by atoms with Gasteiger partial charge in [-0.15, -0.1) is 11.8 Å². The molecule has 5 nitrogen and oxygen atoms in total. The van der Waals surface area contributed by atoms with Crippen molar-refractivity contribution in [2.45, 2.75) is 23.5 Å². The fourth-order valence-corrected chi connectivity index (χ4v) is 2.26. The largest absolute Gasteiger partial charge is 0.497 e. The van der Waals surface area contributed by atoms with Gasteiger partial charge in [0.15, 0.2) is 0 Å². The van der Waals surface area contributed by atoms with Crippen molar-refractivity contribution in [1.29, 1.82) is 0 Å². The van der Waals surface area contributed by atoms with Crippen LogP contribution in [0.1, 0.15) is 6.42 Å². The third kappa shape index (κ3) is 6.70. The van der Waals surface area contributed by atoms with Crippen molar-refractivity contribution in [2.24, 2.45) is 0 Å². The molecule has 0 aliphatic carbocycles. The van der Waals surface area contributed by atoms with Crippen molar-refractivity contribution in [3.8, 4) is 5.75 Å². The third-order valence-corrected chi connectivity index (χ3v) is 3.47. The maximum absolute atomic E-state index is 12.2. The number of carboxylic acids is 1. The summed E-state index contributed by atoms with van der Waals surface area (Å²) in [5.41, 5.74) is 0. The Hall–Kier alpha value is -1.90. The van der Waals surface area contributed by atoms with E-state index in [9.17, 15) is 22.8 Å². The average Bonchev–Trinajstić information content (AvgIpc) is 2.43. The summed E-state index contributed by atoms with van der Waals surface area (Å²) in [7, 11) is 1.48. The Bertz CT molecular complexity index is 536. The maximum atomic E-state index is 12.2. The third-order valence-electron chi connectivity index (χ3n) is 2.48. The van der Waals surface area contributed by atoms with Crippen LogP contribution in [0.5, 0.6) is 5.75 Å². The van der Waals surface area contributed by atoms with Crippen molar-refractivity contribution in [1.82, 2.24) is 5.32 Å². The zero-order chi connectivity index (χ0) is 16.8. The summed E-state index contributed by atoms with van der Waals surface area (Å²) in [4.78, 5) is 23.0. The van der Waals surface area contributed by atoms with E-state index in [-0.39, 0.29) is 5.75 Å². The van der Waals surface area contributed by atoms with Gasteiger partial charge >= 0.3 is 12.1 Å². The van der Waals surface area contributed by atoms with E-state index in [2.05, 4.69) is 0 Å². The minimum absolute atomic E-state index is 0.200. The summed E-state index contributed by atoms with van der Waals surface area (Å²) in [6.07, 6.45) is -6.28. The fourth-order valence-electron chi connectivity index (χ4n) is 1.51. The minimum atomic E-state index is -4.67. The first-order chi connectivity index (χ1) is 10.2. The molecule has 2 N–H and O–H groups in total. The van der Waals surface area contributed by atoms with Gasteiger partial charge < -0.3 is 15.2 Å². The van der Waals surface area contributed by atoms with Crippen LogP contribution in [0.3, 0.4) is 0 Å². The molecule has 1 unspecified atom stereocenters. The molecule has 1 aromatic carbocycles. The Balaban J connectivity index is 2.55. The summed E-state index contributed by atoms with van der Waals surface area (Å²) >= 11 is 1.06. The van der Waals surface area contributed by atoms with Crippen molar-refractivity contribution in [3.63, 3.8) is 0 Å². The number of hydrogen-bond donors (Lipinski definition) is 2. The topological polar surface area (TPSA) is 75.6 Å². The molecule has 1 rings (SSSR count). The second-order valence-electron chi connectivity index (χ2n) is 4.25. The lowest BCUT2D eigenvalue weighted by Gasteiger charge is -2.16. The number of halogens is 3. The standard InChI is InChI=1S/C13H14F3NO4S/c1-21-8-3-2-4-9(5-8)22-7-11(18)17-10(12(19)20)6-13(14,15)16/h2-5,10H,6-7H2,1H3,(H,17,18)(H,19,20). The zero-order valence-electron chi connectivity index (χ0n) is 11.5. The van der Waals surface area contributed by atoms with Gasteiger partial charge in [0.25, 0.3) is 0 Å². The van der Waals surface area contributed by atoms with E-state index in [0.717, 1.165) is 11.8 Å². The number of benzene rings is 1. The first-order valence-electron chi connectivity index (χ1n) is 6.07. The molecule has 22 heavy (non-hydrogen) atoms. The van der Waals surface area contributed by atoms with Crippen LogP contribution in [0.2, 0.25) is 0 Å². The van der Waals surface area contributed by atoms with Crippen molar-refractivity contribution in [2.75, 3.05) is 12.9 Å². The second kappa shape index (κ2) is 7.92. The molecular weight excluding hydrogens is 323 g/mol. The number of nitrogens with one attached hydrogen (secondary N) is 1. The van der Waals surface area contributed by atoms with Crippen molar-refractivity contribution in [3.05, 3.63) is 24.3 Å². The molecule has 1 aromatic rings. The number of ether oxygens (including phenoxy) is 1. The van der Waals surface area contributed by atoms with E-state index in [0.29, 0.717) is 10.6 Å². The number of rotatable bonds is 7. The lowest BCUT2D eigenvalue weighted by atomic mass is 10.2. The molecule has 9 heteroatoms. The number of amides is 1. The molecule has 0 heterocycles. The Morgan fingerprint density at radius 3 is 2.64 bits per heavy atom. The van der Waals surface area contributed by atoms with Gasteiger partial charge in [0.05, 0.1) is 19.3 Å². The molecule has 0 spiro atoms. The van der Waals surface area contributed by atoms with E-state index in [1.54, 1.807) is 24.3 Å². The highest BCUT2D eigenvalue weighted by Crippen LogP contribution is 2.23. The monoisotopic (exact) mass is 337 g/mol. The van der Waals surface area contributed by atoms with Crippen LogP contribution in [0, 0.1) is 0 Å². The summed E-state index contributed by atoms with van der Waals surface area (Å²) in [5.74, 6) is -2.14. The molecule has 0 aliphatic heterocycles. The van der Waals surface area contributed by atoms with E-state index in [4.69, 9.17) is 9.84 Å². The maximum Gasteiger partial charge on any atom is 0.391 e. The Kier molecular flexibility index (Phi) is 6.54. The van der Waals surface area contributed by atoms with Gasteiger partial charge in [0, 0.05) is 4.90 Å². The Morgan fingerprint density at radius 1 is 1.41 bits per heavy atom. The number of carboxylic acid groups (broad SMARTS) is 1. The molecule has 1 amide bonds. The van der Waals surface area contributed by atoms with Gasteiger partial charge in [-0.05, 0) is 18.2 Å². The molecule has 0 aliphatic rings. The lowest BCUT2D eigenvalue weighted by molar-refractivity contribution is -0.159. The van der Waals surface area contributed by atoms with Gasteiger partial charge in [-0.1, -0.05) is 6.07 Å². The normalized spacial score (nSPS) is 12.5. The molecule has 0 fully saturated rings. The first-order valence-corrected chi connectivity index (χ1v) is 7.05. The van der Waals surface area contributed by atoms with Gasteiger partial charge in [0.2, 0.25) is 5.91 Å². The number of alkyl halides is 3. The molecular formula is C13H14F3NO4S. The van der Waals surface area contributed by atoms with Crippen molar-refractivity contribution < 1.29 is 32.6 Å². The van der Waals surface area contributed by atoms with E-state index < -0.39 is 30.5 Å². The molecule has 122 valence electrons. The van der Waals surface area contributed by atoms with Crippen LogP contribution >= 0.6 is 11.8 Å². The Morgan fingerprint density at radius 2 is 2.09 bits per heavy atom. The first kappa shape index (κ1) is 18.1. The predicted octanol–water partition coefficient (Wildman–Crippen LogP) is 2.31. The summed E-state index contributed by atoms with van der Waals surface area (Å²) in [5, 5.41) is 10.6. The van der Waals surface area contributed by atoms with Crippen LogP contribution in [0.25, 0.3) is 0 Å². The zero-order valence-corrected chi connectivity index (χ0v) is 12.3. The molecule has 0 radical (unpaired) electrons. The number of hydrogen-bond acceptors (Lipinski definition) is 4. The summed E-state index contributed by atoms with van der Waals surface area (Å²) < 4.78 is 41.6. The van der Waals surface area contributed by atoms with E-state index in [1.807, 2.05) is 5.32 Å². The van der Waals surface area contributed by atoms with Crippen molar-refractivity contribution >= 4 is 23.6 Å². The van der Waals surface area contributed by atoms with Crippen LogP contribution in [0.15, 0.2) is 29.2 Å². The average molecular weight is 337 g/mol. The highest BCUT2D eigenvalue weighted by Gasteiger charge is 2.36. The minimum Gasteiger partial charge on any atom is -0.497 e. The van der Waals surface area contributed by atoms with Gasteiger partial charge in [-0.2, -0.15) is 13.2 Å². The van der Waals surface area contributed by atoms with E-state index in [1.165, 1.54) is 7.11 Å². The quantitative estimate of drug-likeness (QED) is 0.747. The lowest BCUT2D eigenvalue weighted by Crippen LogP contribution is -2.44. The van der Waals surface area contributed by atoms with Crippen LogP contribution in [0.4, 0.5) is 13.2 Å². The van der Waals surface area contributed by atoms with Crippen LogP contribution < -0.4 is 10.1 Å². The number of carbonyl (C=O) groups excluding carboxylic acids is 1. The van der Waals surface area contributed by atoms with Crippen LogP contribution in [-0.2, 0) is 9.59 Å². The number of thioether (sulfide) groups is 1. The predicted molar refractivity (Wildman–Crippen MR) is 74.0 cm³/mol. The summed E-state index contributed by atoms with van der Waals surface area (Å²) in [6.45, 7) is 0. The summed E-state index contributed by atoms with van der Waals surface area (Å²) in [6, 6.07) is 4.77.